The molecule has 1 aromatic carbocycles. The van der Waals surface area contributed by atoms with E-state index >= 15 is 0 Å². The van der Waals surface area contributed by atoms with E-state index in [4.69, 9.17) is 10.5 Å². The standard InChI is InChI=1S/C16H19N3OS/c1-3-13-16(17)18-12-9-11(6-7-14(12)20-13)10-19(2)15-5-4-8-21-15/h4-9,13H,3,10H2,1-2H3,(H2,17,18). The molecule has 0 fully saturated rings. The van der Waals surface area contributed by atoms with Gasteiger partial charge in [0.05, 0.1) is 5.00 Å². The number of thiophene rings is 1. The molecule has 1 unspecified atom stereocenters. The summed E-state index contributed by atoms with van der Waals surface area (Å²) in [5.74, 6) is 1.38. The summed E-state index contributed by atoms with van der Waals surface area (Å²) >= 11 is 1.74. The maximum Gasteiger partial charge on any atom is 0.155 e. The molecule has 0 aliphatic carbocycles. The van der Waals surface area contributed by atoms with Crippen LogP contribution < -0.4 is 15.4 Å². The number of anilines is 1. The van der Waals surface area contributed by atoms with E-state index in [1.807, 2.05) is 13.0 Å². The molecule has 0 radical (unpaired) electrons. The van der Waals surface area contributed by atoms with Crippen LogP contribution in [0.3, 0.4) is 0 Å². The second-order valence-corrected chi connectivity index (χ2v) is 6.09. The molecule has 0 saturated heterocycles. The van der Waals surface area contributed by atoms with Gasteiger partial charge in [-0.05, 0) is 41.6 Å². The van der Waals surface area contributed by atoms with Gasteiger partial charge in [-0.25, -0.2) is 4.99 Å². The number of benzene rings is 1. The predicted octanol–water partition coefficient (Wildman–Crippen LogP) is 3.54. The molecular weight excluding hydrogens is 282 g/mol. The average molecular weight is 301 g/mol. The third-order valence-electron chi connectivity index (χ3n) is 3.54. The van der Waals surface area contributed by atoms with Crippen LogP contribution in [0.15, 0.2) is 40.7 Å². The Bertz CT molecular complexity index is 652. The van der Waals surface area contributed by atoms with Gasteiger partial charge in [0.1, 0.15) is 17.3 Å². The summed E-state index contributed by atoms with van der Waals surface area (Å²) in [4.78, 5) is 6.70. The molecule has 2 heterocycles. The lowest BCUT2D eigenvalue weighted by Gasteiger charge is -2.24. The van der Waals surface area contributed by atoms with Gasteiger partial charge in [0.25, 0.3) is 0 Å². The van der Waals surface area contributed by atoms with Crippen molar-refractivity contribution in [3.63, 3.8) is 0 Å². The SMILES string of the molecule is CCC1Oc2ccc(CN(C)c3cccs3)cc2N=C1N. The van der Waals surface area contributed by atoms with E-state index in [1.54, 1.807) is 11.3 Å². The van der Waals surface area contributed by atoms with Crippen molar-refractivity contribution in [1.29, 1.82) is 0 Å². The number of nitrogens with two attached hydrogens (primary N) is 1. The highest BCUT2D eigenvalue weighted by atomic mass is 32.1. The fraction of sp³-hybridized carbons (Fsp3) is 0.312. The lowest BCUT2D eigenvalue weighted by Crippen LogP contribution is -2.35. The minimum absolute atomic E-state index is 0.0999. The molecule has 0 saturated carbocycles. The zero-order valence-electron chi connectivity index (χ0n) is 12.2. The van der Waals surface area contributed by atoms with Crippen molar-refractivity contribution in [2.75, 3.05) is 11.9 Å². The van der Waals surface area contributed by atoms with Crippen LogP contribution in [-0.2, 0) is 6.54 Å². The number of fused-ring (bicyclic) bond motifs is 1. The molecule has 21 heavy (non-hydrogen) atoms. The number of aliphatic imine (C=N–C) groups is 1. The van der Waals surface area contributed by atoms with Crippen molar-refractivity contribution < 1.29 is 4.74 Å². The summed E-state index contributed by atoms with van der Waals surface area (Å²) < 4.78 is 5.86. The maximum absolute atomic E-state index is 5.95. The number of hydrogen-bond donors (Lipinski definition) is 1. The van der Waals surface area contributed by atoms with E-state index in [-0.39, 0.29) is 6.10 Å². The van der Waals surface area contributed by atoms with Gasteiger partial charge in [0.2, 0.25) is 0 Å². The highest BCUT2D eigenvalue weighted by Gasteiger charge is 2.21. The summed E-state index contributed by atoms with van der Waals surface area (Å²) in [6.07, 6.45) is 0.731. The molecule has 0 amide bonds. The highest BCUT2D eigenvalue weighted by Crippen LogP contribution is 2.34. The molecule has 110 valence electrons. The smallest absolute Gasteiger partial charge is 0.155 e. The largest absolute Gasteiger partial charge is 0.480 e. The number of ether oxygens (including phenoxy) is 1. The minimum Gasteiger partial charge on any atom is -0.480 e. The summed E-state index contributed by atoms with van der Waals surface area (Å²) in [5.41, 5.74) is 7.97. The van der Waals surface area contributed by atoms with E-state index in [2.05, 4.69) is 46.6 Å². The van der Waals surface area contributed by atoms with Crippen molar-refractivity contribution >= 4 is 27.9 Å². The third kappa shape index (κ3) is 2.88. The van der Waals surface area contributed by atoms with Gasteiger partial charge in [-0.3, -0.25) is 0 Å². The summed E-state index contributed by atoms with van der Waals surface area (Å²) in [7, 11) is 2.09. The van der Waals surface area contributed by atoms with Gasteiger partial charge >= 0.3 is 0 Å². The lowest BCUT2D eigenvalue weighted by atomic mass is 10.1. The fourth-order valence-electron chi connectivity index (χ4n) is 2.40. The molecule has 1 aliphatic heterocycles. The van der Waals surface area contributed by atoms with Gasteiger partial charge in [-0.2, -0.15) is 0 Å². The van der Waals surface area contributed by atoms with Crippen molar-refractivity contribution in [2.45, 2.75) is 26.0 Å². The van der Waals surface area contributed by atoms with E-state index in [0.29, 0.717) is 5.84 Å². The van der Waals surface area contributed by atoms with Gasteiger partial charge < -0.3 is 15.4 Å². The number of amidine groups is 1. The van der Waals surface area contributed by atoms with E-state index in [0.717, 1.165) is 24.4 Å². The molecule has 4 nitrogen and oxygen atoms in total. The molecule has 2 N–H and O–H groups in total. The topological polar surface area (TPSA) is 50.8 Å². The number of rotatable bonds is 4. The van der Waals surface area contributed by atoms with Crippen molar-refractivity contribution in [2.24, 2.45) is 10.7 Å². The summed E-state index contributed by atoms with van der Waals surface area (Å²) in [6, 6.07) is 10.3. The minimum atomic E-state index is -0.0999. The molecule has 1 aliphatic rings. The van der Waals surface area contributed by atoms with Crippen molar-refractivity contribution in [3.05, 3.63) is 41.3 Å². The molecule has 2 aromatic rings. The zero-order chi connectivity index (χ0) is 14.8. The van der Waals surface area contributed by atoms with Crippen LogP contribution in [0.25, 0.3) is 0 Å². The van der Waals surface area contributed by atoms with E-state index in [1.165, 1.54) is 10.6 Å². The first-order valence-electron chi connectivity index (χ1n) is 7.05. The first kappa shape index (κ1) is 13.9. The Morgan fingerprint density at radius 1 is 1.38 bits per heavy atom. The molecular formula is C16H19N3OS. The van der Waals surface area contributed by atoms with E-state index < -0.39 is 0 Å². The normalized spacial score (nSPS) is 16.9. The third-order valence-corrected chi connectivity index (χ3v) is 4.53. The Hall–Kier alpha value is -2.01. The number of hydrogen-bond acceptors (Lipinski definition) is 5. The van der Waals surface area contributed by atoms with Crippen LogP contribution in [0.1, 0.15) is 18.9 Å². The monoisotopic (exact) mass is 301 g/mol. The predicted molar refractivity (Wildman–Crippen MR) is 88.9 cm³/mol. The molecule has 5 heteroatoms. The quantitative estimate of drug-likeness (QED) is 0.939. The molecule has 0 spiro atoms. The first-order valence-corrected chi connectivity index (χ1v) is 7.93. The van der Waals surface area contributed by atoms with Gasteiger partial charge in [0, 0.05) is 13.6 Å². The maximum atomic E-state index is 5.95. The Labute approximate surface area is 128 Å². The van der Waals surface area contributed by atoms with Crippen LogP contribution in [0.5, 0.6) is 5.75 Å². The van der Waals surface area contributed by atoms with Crippen LogP contribution in [0.4, 0.5) is 10.7 Å². The fourth-order valence-corrected chi connectivity index (χ4v) is 3.10. The van der Waals surface area contributed by atoms with Gasteiger partial charge in [-0.1, -0.05) is 13.0 Å². The first-order chi connectivity index (χ1) is 10.2. The summed E-state index contributed by atoms with van der Waals surface area (Å²) in [6.45, 7) is 2.88. The lowest BCUT2D eigenvalue weighted by molar-refractivity contribution is 0.257. The Morgan fingerprint density at radius 2 is 2.24 bits per heavy atom. The van der Waals surface area contributed by atoms with Crippen LogP contribution in [-0.4, -0.2) is 19.0 Å². The molecule has 1 atom stereocenters. The summed E-state index contributed by atoms with van der Waals surface area (Å²) in [5, 5.41) is 3.33. The van der Waals surface area contributed by atoms with Crippen molar-refractivity contribution in [3.8, 4) is 5.75 Å². The Kier molecular flexibility index (Phi) is 3.84. The van der Waals surface area contributed by atoms with Gasteiger partial charge in [0.15, 0.2) is 6.10 Å². The Balaban J connectivity index is 1.81. The molecule has 3 rings (SSSR count). The number of nitrogens with zero attached hydrogens (tertiary/aromatic N) is 2. The molecule has 0 bridgehead atoms. The van der Waals surface area contributed by atoms with Crippen LogP contribution >= 0.6 is 11.3 Å². The highest BCUT2D eigenvalue weighted by molar-refractivity contribution is 7.14. The average Bonchev–Trinajstić information content (AvgIpc) is 3.00. The van der Waals surface area contributed by atoms with Crippen LogP contribution in [0, 0.1) is 0 Å². The van der Waals surface area contributed by atoms with Gasteiger partial charge in [-0.15, -0.1) is 11.3 Å². The van der Waals surface area contributed by atoms with Crippen molar-refractivity contribution in [1.82, 2.24) is 0 Å². The van der Waals surface area contributed by atoms with Crippen LogP contribution in [0.2, 0.25) is 0 Å². The van der Waals surface area contributed by atoms with E-state index in [9.17, 15) is 0 Å². The second kappa shape index (κ2) is 5.77. The zero-order valence-corrected chi connectivity index (χ0v) is 13.1. The Morgan fingerprint density at radius 3 is 2.95 bits per heavy atom. The molecule has 1 aromatic heterocycles. The second-order valence-electron chi connectivity index (χ2n) is 5.16.